The van der Waals surface area contributed by atoms with Crippen molar-refractivity contribution in [2.24, 2.45) is 0 Å². The lowest BCUT2D eigenvalue weighted by Crippen LogP contribution is -2.25. The smallest absolute Gasteiger partial charge is 0.306 e. The highest BCUT2D eigenvalue weighted by molar-refractivity contribution is 7.89. The molecule has 1 aromatic heterocycles. The number of hydrogen-bond acceptors (Lipinski definition) is 7. The van der Waals surface area contributed by atoms with Crippen LogP contribution in [-0.2, 0) is 26.2 Å². The maximum atomic E-state index is 12.4. The van der Waals surface area contributed by atoms with E-state index in [2.05, 4.69) is 9.71 Å². The summed E-state index contributed by atoms with van der Waals surface area (Å²) >= 11 is 5.69. The second-order valence-corrected chi connectivity index (χ2v) is 8.11. The first kappa shape index (κ1) is 20.4. The van der Waals surface area contributed by atoms with Crippen molar-refractivity contribution in [2.45, 2.75) is 24.3 Å². The van der Waals surface area contributed by atoms with Crippen LogP contribution in [0.3, 0.4) is 0 Å². The SMILES string of the molecule is O=C(CCCNS(=O)(=O)c1ccc2c(c1)OCCO2)OCc1ccc(Cl)nc1. The van der Waals surface area contributed by atoms with Crippen LogP contribution in [0.25, 0.3) is 0 Å². The van der Waals surface area contributed by atoms with Gasteiger partial charge in [0.05, 0.1) is 4.90 Å². The number of nitrogens with one attached hydrogen (secondary N) is 1. The molecule has 0 amide bonds. The molecule has 0 saturated heterocycles. The van der Waals surface area contributed by atoms with Crippen molar-refractivity contribution in [3.05, 3.63) is 47.2 Å². The Kier molecular flexibility index (Phi) is 6.71. The Morgan fingerprint density at radius 1 is 1.18 bits per heavy atom. The number of esters is 1. The molecule has 150 valence electrons. The Hall–Kier alpha value is -2.36. The van der Waals surface area contributed by atoms with E-state index in [9.17, 15) is 13.2 Å². The van der Waals surface area contributed by atoms with Gasteiger partial charge in [-0.2, -0.15) is 0 Å². The van der Waals surface area contributed by atoms with Crippen molar-refractivity contribution in [2.75, 3.05) is 19.8 Å². The van der Waals surface area contributed by atoms with Gasteiger partial charge in [0.25, 0.3) is 0 Å². The highest BCUT2D eigenvalue weighted by atomic mass is 35.5. The zero-order chi connectivity index (χ0) is 20.0. The van der Waals surface area contributed by atoms with Crippen molar-refractivity contribution in [1.82, 2.24) is 9.71 Å². The van der Waals surface area contributed by atoms with E-state index in [0.717, 1.165) is 5.56 Å². The highest BCUT2D eigenvalue weighted by Crippen LogP contribution is 2.32. The number of rotatable bonds is 8. The number of aromatic nitrogens is 1. The summed E-state index contributed by atoms with van der Waals surface area (Å²) in [6.45, 7) is 1.00. The van der Waals surface area contributed by atoms with E-state index in [1.54, 1.807) is 18.2 Å². The molecule has 0 radical (unpaired) electrons. The lowest BCUT2D eigenvalue weighted by atomic mass is 10.3. The van der Waals surface area contributed by atoms with Crippen molar-refractivity contribution in [3.63, 3.8) is 0 Å². The van der Waals surface area contributed by atoms with Crippen molar-refractivity contribution >= 4 is 27.6 Å². The van der Waals surface area contributed by atoms with E-state index >= 15 is 0 Å². The third kappa shape index (κ3) is 5.57. The molecule has 2 heterocycles. The molecule has 0 atom stereocenters. The Morgan fingerprint density at radius 3 is 2.71 bits per heavy atom. The number of sulfonamides is 1. The van der Waals surface area contributed by atoms with Gasteiger partial charge in [-0.1, -0.05) is 17.7 Å². The minimum Gasteiger partial charge on any atom is -0.486 e. The van der Waals surface area contributed by atoms with E-state index < -0.39 is 16.0 Å². The summed E-state index contributed by atoms with van der Waals surface area (Å²) in [7, 11) is -3.71. The monoisotopic (exact) mass is 426 g/mol. The summed E-state index contributed by atoms with van der Waals surface area (Å²) in [5.74, 6) is 0.492. The van der Waals surface area contributed by atoms with Gasteiger partial charge in [0.15, 0.2) is 11.5 Å². The standard InChI is InChI=1S/C18H19ClN2O6S/c19-17-6-3-13(11-20-17)12-27-18(22)2-1-7-21-28(23,24)14-4-5-15-16(10-14)26-9-8-25-15/h3-6,10-11,21H,1-2,7-9,12H2. The summed E-state index contributed by atoms with van der Waals surface area (Å²) in [5.41, 5.74) is 0.720. The fourth-order valence-corrected chi connectivity index (χ4v) is 3.64. The lowest BCUT2D eigenvalue weighted by molar-refractivity contribution is -0.145. The fraction of sp³-hybridized carbons (Fsp3) is 0.333. The number of fused-ring (bicyclic) bond motifs is 1. The quantitative estimate of drug-likeness (QED) is 0.392. The van der Waals surface area contributed by atoms with Gasteiger partial charge in [0.1, 0.15) is 25.0 Å². The van der Waals surface area contributed by atoms with Gasteiger partial charge in [0, 0.05) is 30.8 Å². The molecular formula is C18H19ClN2O6S. The summed E-state index contributed by atoms with van der Waals surface area (Å²) in [4.78, 5) is 15.7. The zero-order valence-electron chi connectivity index (χ0n) is 14.9. The first-order chi connectivity index (χ1) is 13.4. The molecule has 1 aliphatic rings. The molecule has 28 heavy (non-hydrogen) atoms. The predicted octanol–water partition coefficient (Wildman–Crippen LogP) is 2.31. The van der Waals surface area contributed by atoms with Crippen molar-refractivity contribution in [1.29, 1.82) is 0 Å². The van der Waals surface area contributed by atoms with Crippen LogP contribution in [0, 0.1) is 0 Å². The molecule has 0 aliphatic carbocycles. The van der Waals surface area contributed by atoms with Gasteiger partial charge in [-0.15, -0.1) is 0 Å². The van der Waals surface area contributed by atoms with Crippen LogP contribution in [0.5, 0.6) is 11.5 Å². The van der Waals surface area contributed by atoms with E-state index in [1.165, 1.54) is 18.3 Å². The molecule has 0 saturated carbocycles. The Labute approximate surface area is 167 Å². The van der Waals surface area contributed by atoms with Crippen LogP contribution < -0.4 is 14.2 Å². The van der Waals surface area contributed by atoms with Gasteiger partial charge >= 0.3 is 5.97 Å². The third-order valence-corrected chi connectivity index (χ3v) is 5.54. The summed E-state index contributed by atoms with van der Waals surface area (Å²) in [6, 6.07) is 7.75. The Morgan fingerprint density at radius 2 is 1.96 bits per heavy atom. The van der Waals surface area contributed by atoms with Crippen LogP contribution in [0.15, 0.2) is 41.4 Å². The first-order valence-electron chi connectivity index (χ1n) is 8.59. The second-order valence-electron chi connectivity index (χ2n) is 5.96. The van der Waals surface area contributed by atoms with Crippen molar-refractivity contribution < 1.29 is 27.4 Å². The van der Waals surface area contributed by atoms with E-state index in [4.69, 9.17) is 25.8 Å². The normalized spacial score (nSPS) is 13.2. The third-order valence-electron chi connectivity index (χ3n) is 3.86. The molecule has 1 aliphatic heterocycles. The van der Waals surface area contributed by atoms with Crippen LogP contribution in [0.4, 0.5) is 0 Å². The predicted molar refractivity (Wildman–Crippen MR) is 101 cm³/mol. The second kappa shape index (κ2) is 9.22. The molecule has 0 spiro atoms. The van der Waals surface area contributed by atoms with Crippen LogP contribution in [0.1, 0.15) is 18.4 Å². The van der Waals surface area contributed by atoms with E-state index in [1.807, 2.05) is 0 Å². The first-order valence-corrected chi connectivity index (χ1v) is 10.5. The van der Waals surface area contributed by atoms with Crippen LogP contribution in [-0.4, -0.2) is 39.1 Å². The molecule has 0 unspecified atom stereocenters. The number of carbonyl (C=O) groups is 1. The summed E-state index contributed by atoms with van der Waals surface area (Å²) < 4.78 is 43.1. The molecule has 10 heteroatoms. The topological polar surface area (TPSA) is 104 Å². The van der Waals surface area contributed by atoms with Crippen LogP contribution >= 0.6 is 11.6 Å². The molecule has 1 N–H and O–H groups in total. The largest absolute Gasteiger partial charge is 0.486 e. The minimum absolute atomic E-state index is 0.0783. The molecule has 0 fully saturated rings. The minimum atomic E-state index is -3.71. The van der Waals surface area contributed by atoms with Gasteiger partial charge < -0.3 is 14.2 Å². The summed E-state index contributed by atoms with van der Waals surface area (Å²) in [5, 5.41) is 0.361. The molecule has 3 rings (SSSR count). The molecule has 0 bridgehead atoms. The van der Waals surface area contributed by atoms with Gasteiger partial charge in [-0.3, -0.25) is 4.79 Å². The van der Waals surface area contributed by atoms with Gasteiger partial charge in [0.2, 0.25) is 10.0 Å². The van der Waals surface area contributed by atoms with Crippen molar-refractivity contribution in [3.8, 4) is 11.5 Å². The Bertz CT molecular complexity index is 934. The molecule has 1 aromatic carbocycles. The van der Waals surface area contributed by atoms with E-state index in [0.29, 0.717) is 36.3 Å². The highest BCUT2D eigenvalue weighted by Gasteiger charge is 2.19. The maximum absolute atomic E-state index is 12.4. The van der Waals surface area contributed by atoms with Crippen LogP contribution in [0.2, 0.25) is 5.15 Å². The number of halogens is 1. The summed E-state index contributed by atoms with van der Waals surface area (Å²) in [6.07, 6.45) is 1.92. The number of pyridine rings is 1. The number of nitrogens with zero attached hydrogens (tertiary/aromatic N) is 1. The molecule has 2 aromatic rings. The zero-order valence-corrected chi connectivity index (χ0v) is 16.5. The van der Waals surface area contributed by atoms with E-state index in [-0.39, 0.29) is 24.5 Å². The lowest BCUT2D eigenvalue weighted by Gasteiger charge is -2.18. The average molecular weight is 427 g/mol. The average Bonchev–Trinajstić information content (AvgIpc) is 2.70. The number of hydrogen-bond donors (Lipinski definition) is 1. The molecular weight excluding hydrogens is 408 g/mol. The van der Waals surface area contributed by atoms with Gasteiger partial charge in [-0.25, -0.2) is 18.1 Å². The molecule has 8 nitrogen and oxygen atoms in total. The van der Waals surface area contributed by atoms with Gasteiger partial charge in [-0.05, 0) is 24.6 Å². The number of benzene rings is 1. The maximum Gasteiger partial charge on any atom is 0.306 e. The number of ether oxygens (including phenoxy) is 3. The number of carbonyl (C=O) groups excluding carboxylic acids is 1. The fourth-order valence-electron chi connectivity index (χ4n) is 2.44. The Balaban J connectivity index is 1.42.